The maximum absolute atomic E-state index is 14.7. The summed E-state index contributed by atoms with van der Waals surface area (Å²) in [6.07, 6.45) is 2.91. The van der Waals surface area contributed by atoms with Crippen molar-refractivity contribution in [1.29, 1.82) is 0 Å². The Bertz CT molecular complexity index is 1220. The van der Waals surface area contributed by atoms with Crippen LogP contribution in [0.5, 0.6) is 0 Å². The molecule has 30 heavy (non-hydrogen) atoms. The summed E-state index contributed by atoms with van der Waals surface area (Å²) >= 11 is 0. The lowest BCUT2D eigenvalue weighted by atomic mass is 9.91. The summed E-state index contributed by atoms with van der Waals surface area (Å²) in [5, 5.41) is 20.4. The van der Waals surface area contributed by atoms with Gasteiger partial charge in [-0.15, -0.1) is 0 Å². The molecule has 0 unspecified atom stereocenters. The molecule has 8 nitrogen and oxygen atoms in total. The highest BCUT2D eigenvalue weighted by Gasteiger charge is 2.27. The zero-order chi connectivity index (χ0) is 21.4. The first-order chi connectivity index (χ1) is 14.3. The van der Waals surface area contributed by atoms with Gasteiger partial charge in [-0.3, -0.25) is 19.5 Å². The third-order valence-electron chi connectivity index (χ3n) is 5.27. The maximum atomic E-state index is 14.7. The number of rotatable bonds is 6. The van der Waals surface area contributed by atoms with Crippen LogP contribution in [0.15, 0.2) is 49.1 Å². The Labute approximate surface area is 169 Å². The number of aryl methyl sites for hydroxylation is 1. The highest BCUT2D eigenvalue weighted by atomic mass is 19.1. The van der Waals surface area contributed by atoms with E-state index in [0.717, 1.165) is 6.07 Å². The van der Waals surface area contributed by atoms with Gasteiger partial charge in [0.05, 0.1) is 28.7 Å². The summed E-state index contributed by atoms with van der Waals surface area (Å²) in [5.74, 6) is -1.77. The van der Waals surface area contributed by atoms with Gasteiger partial charge in [0, 0.05) is 29.5 Å². The molecule has 0 aliphatic carbocycles. The fraction of sp³-hybridized carbons (Fsp3) is 0.250. The quantitative estimate of drug-likeness (QED) is 0.350. The molecule has 0 aliphatic heterocycles. The van der Waals surface area contributed by atoms with E-state index in [4.69, 9.17) is 0 Å². The average Bonchev–Trinajstić information content (AvgIpc) is 3.34. The molecule has 0 saturated carbocycles. The standard InChI is InChI=1S/C20H18F2N6O2/c1-12-17-8-15(28(29)30)4-6-20(17)27(25-12)13(2)18(9-26-11-23-10-24-26)16-5-3-14(21)7-19(16)22/h3-8,10-11,13,18H,9H2,1-2H3/t13-,18-/m1/s1. The number of nitro groups is 1. The Kier molecular flexibility index (Phi) is 4.98. The molecule has 0 bridgehead atoms. The average molecular weight is 412 g/mol. The molecule has 0 N–H and O–H groups in total. The van der Waals surface area contributed by atoms with Gasteiger partial charge < -0.3 is 0 Å². The van der Waals surface area contributed by atoms with Gasteiger partial charge in [0.2, 0.25) is 0 Å². The second-order valence-electron chi connectivity index (χ2n) is 7.12. The first-order valence-electron chi connectivity index (χ1n) is 9.25. The van der Waals surface area contributed by atoms with Gasteiger partial charge in [-0.05, 0) is 31.5 Å². The topological polar surface area (TPSA) is 91.7 Å². The lowest BCUT2D eigenvalue weighted by Crippen LogP contribution is -2.22. The van der Waals surface area contributed by atoms with E-state index in [0.29, 0.717) is 22.2 Å². The molecule has 154 valence electrons. The third-order valence-corrected chi connectivity index (χ3v) is 5.27. The minimum Gasteiger partial charge on any atom is -0.261 e. The summed E-state index contributed by atoms with van der Waals surface area (Å²) in [6, 6.07) is 7.65. The lowest BCUT2D eigenvalue weighted by molar-refractivity contribution is -0.384. The molecule has 10 heteroatoms. The summed E-state index contributed by atoms with van der Waals surface area (Å²) < 4.78 is 31.5. The Morgan fingerprint density at radius 2 is 2.00 bits per heavy atom. The highest BCUT2D eigenvalue weighted by Crippen LogP contribution is 2.35. The molecule has 0 aliphatic rings. The van der Waals surface area contributed by atoms with Gasteiger partial charge >= 0.3 is 0 Å². The van der Waals surface area contributed by atoms with E-state index < -0.39 is 22.5 Å². The fourth-order valence-corrected chi connectivity index (χ4v) is 3.72. The number of non-ortho nitro benzene ring substituents is 1. The number of halogens is 2. The molecule has 4 rings (SSSR count). The van der Waals surface area contributed by atoms with Crippen molar-refractivity contribution in [2.75, 3.05) is 0 Å². The zero-order valence-corrected chi connectivity index (χ0v) is 16.2. The molecular weight excluding hydrogens is 394 g/mol. The van der Waals surface area contributed by atoms with Crippen molar-refractivity contribution >= 4 is 16.6 Å². The van der Waals surface area contributed by atoms with E-state index in [1.165, 1.54) is 36.9 Å². The van der Waals surface area contributed by atoms with Crippen molar-refractivity contribution in [3.8, 4) is 0 Å². The largest absolute Gasteiger partial charge is 0.270 e. The van der Waals surface area contributed by atoms with Crippen molar-refractivity contribution in [2.24, 2.45) is 0 Å². The summed E-state index contributed by atoms with van der Waals surface area (Å²) in [4.78, 5) is 14.6. The number of hydrogen-bond acceptors (Lipinski definition) is 5. The van der Waals surface area contributed by atoms with Crippen LogP contribution in [0, 0.1) is 28.7 Å². The van der Waals surface area contributed by atoms with Crippen LogP contribution in [-0.2, 0) is 6.54 Å². The summed E-state index contributed by atoms with van der Waals surface area (Å²) in [5.41, 5.74) is 1.61. The predicted molar refractivity (Wildman–Crippen MR) is 105 cm³/mol. The smallest absolute Gasteiger partial charge is 0.261 e. The van der Waals surface area contributed by atoms with Crippen molar-refractivity contribution in [1.82, 2.24) is 24.5 Å². The maximum Gasteiger partial charge on any atom is 0.270 e. The molecular formula is C20H18F2N6O2. The van der Waals surface area contributed by atoms with E-state index in [1.807, 2.05) is 6.92 Å². The van der Waals surface area contributed by atoms with Gasteiger partial charge in [0.25, 0.3) is 5.69 Å². The Hall–Kier alpha value is -3.69. The highest BCUT2D eigenvalue weighted by molar-refractivity contribution is 5.84. The van der Waals surface area contributed by atoms with E-state index in [9.17, 15) is 18.9 Å². The number of nitrogens with zero attached hydrogens (tertiary/aromatic N) is 6. The number of nitro benzene ring substituents is 1. The number of hydrogen-bond donors (Lipinski definition) is 0. The van der Waals surface area contributed by atoms with E-state index in [-0.39, 0.29) is 18.3 Å². The lowest BCUT2D eigenvalue weighted by Gasteiger charge is -2.26. The molecule has 0 radical (unpaired) electrons. The van der Waals surface area contributed by atoms with Crippen molar-refractivity contribution in [3.05, 3.63) is 82.1 Å². The molecule has 0 saturated heterocycles. The van der Waals surface area contributed by atoms with Crippen LogP contribution in [0.4, 0.5) is 14.5 Å². The van der Waals surface area contributed by atoms with Crippen molar-refractivity contribution in [3.63, 3.8) is 0 Å². The summed E-state index contributed by atoms with van der Waals surface area (Å²) in [7, 11) is 0. The van der Waals surface area contributed by atoms with Crippen LogP contribution in [0.1, 0.15) is 30.1 Å². The van der Waals surface area contributed by atoms with Crippen LogP contribution in [0.25, 0.3) is 10.9 Å². The monoisotopic (exact) mass is 412 g/mol. The molecule has 0 fully saturated rings. The minimum atomic E-state index is -0.657. The fourth-order valence-electron chi connectivity index (χ4n) is 3.72. The van der Waals surface area contributed by atoms with Gasteiger partial charge in [0.1, 0.15) is 24.3 Å². The van der Waals surface area contributed by atoms with Crippen molar-refractivity contribution in [2.45, 2.75) is 32.4 Å². The van der Waals surface area contributed by atoms with Crippen LogP contribution in [0.2, 0.25) is 0 Å². The number of fused-ring (bicyclic) bond motifs is 1. The molecule has 0 spiro atoms. The van der Waals surface area contributed by atoms with Gasteiger partial charge in [-0.2, -0.15) is 10.2 Å². The van der Waals surface area contributed by atoms with Gasteiger partial charge in [0.15, 0.2) is 0 Å². The van der Waals surface area contributed by atoms with Gasteiger partial charge in [-0.25, -0.2) is 13.8 Å². The van der Waals surface area contributed by atoms with Crippen molar-refractivity contribution < 1.29 is 13.7 Å². The Morgan fingerprint density at radius 3 is 2.67 bits per heavy atom. The van der Waals surface area contributed by atoms with Crippen LogP contribution >= 0.6 is 0 Å². The Morgan fingerprint density at radius 1 is 1.20 bits per heavy atom. The zero-order valence-electron chi connectivity index (χ0n) is 16.2. The molecule has 2 aromatic heterocycles. The molecule has 2 atom stereocenters. The van der Waals surface area contributed by atoms with Gasteiger partial charge in [-0.1, -0.05) is 6.07 Å². The first-order valence-corrected chi connectivity index (χ1v) is 9.25. The second kappa shape index (κ2) is 7.62. The first kappa shape index (κ1) is 19.6. The van der Waals surface area contributed by atoms with Crippen LogP contribution in [0.3, 0.4) is 0 Å². The summed E-state index contributed by atoms with van der Waals surface area (Å²) in [6.45, 7) is 3.93. The predicted octanol–water partition coefficient (Wildman–Crippen LogP) is 4.17. The van der Waals surface area contributed by atoms with E-state index in [2.05, 4.69) is 15.2 Å². The molecule has 2 aromatic carbocycles. The van der Waals surface area contributed by atoms with Crippen LogP contribution < -0.4 is 0 Å². The Balaban J connectivity index is 1.81. The number of benzene rings is 2. The van der Waals surface area contributed by atoms with Crippen LogP contribution in [-0.4, -0.2) is 29.5 Å². The second-order valence-corrected chi connectivity index (χ2v) is 7.12. The molecule has 2 heterocycles. The molecule has 4 aromatic rings. The van der Waals surface area contributed by atoms with E-state index in [1.54, 1.807) is 22.4 Å². The number of aromatic nitrogens is 5. The minimum absolute atomic E-state index is 0.0263. The molecule has 0 amide bonds. The SMILES string of the molecule is Cc1nn([C@H](C)[C@@H](Cn2cncn2)c2ccc(F)cc2F)c2ccc([N+](=O)[O-])cc12. The normalized spacial score (nSPS) is 13.5. The van der Waals surface area contributed by atoms with E-state index >= 15 is 0 Å². The third kappa shape index (κ3) is 3.51.